The number of piperidine rings is 1. The molecule has 1 heterocycles. The Hall–Kier alpha value is -0.160. The molecule has 1 aliphatic heterocycles. The topological polar surface area (TPSA) is 44.7 Å². The number of aliphatic hydroxyl groups is 1. The van der Waals surface area contributed by atoms with E-state index in [4.69, 9.17) is 4.74 Å². The van der Waals surface area contributed by atoms with Gasteiger partial charge in [-0.1, -0.05) is 6.92 Å². The number of aliphatic hydroxyl groups excluding tert-OH is 1. The number of likely N-dealkylation sites (tertiary alicyclic amines) is 1. The second-order valence-corrected chi connectivity index (χ2v) is 4.92. The Labute approximate surface area is 105 Å². The van der Waals surface area contributed by atoms with Gasteiger partial charge in [0.25, 0.3) is 0 Å². The van der Waals surface area contributed by atoms with Gasteiger partial charge in [0.1, 0.15) is 0 Å². The molecule has 0 bridgehead atoms. The van der Waals surface area contributed by atoms with Gasteiger partial charge in [-0.25, -0.2) is 0 Å². The minimum Gasteiger partial charge on any atom is -0.395 e. The van der Waals surface area contributed by atoms with Crippen LogP contribution in [0.1, 0.15) is 32.6 Å². The molecular weight excluding hydrogens is 216 g/mol. The molecule has 2 atom stereocenters. The SMILES string of the molecule is CCCNC(CO)CCN1CCCC(OC)C1. The average Bonchev–Trinajstić information content (AvgIpc) is 2.39. The van der Waals surface area contributed by atoms with Crippen molar-refractivity contribution in [3.63, 3.8) is 0 Å². The van der Waals surface area contributed by atoms with E-state index in [1.54, 1.807) is 7.11 Å². The third-order valence-corrected chi connectivity index (χ3v) is 3.49. The van der Waals surface area contributed by atoms with Crippen molar-refractivity contribution in [3.05, 3.63) is 0 Å². The smallest absolute Gasteiger partial charge is 0.0698 e. The molecule has 4 nitrogen and oxygen atoms in total. The Morgan fingerprint density at radius 3 is 3.00 bits per heavy atom. The van der Waals surface area contributed by atoms with Crippen LogP contribution in [0.3, 0.4) is 0 Å². The van der Waals surface area contributed by atoms with Crippen LogP contribution in [0, 0.1) is 0 Å². The molecular formula is C13H28N2O2. The van der Waals surface area contributed by atoms with E-state index in [9.17, 15) is 5.11 Å². The molecule has 1 saturated heterocycles. The molecule has 2 N–H and O–H groups in total. The van der Waals surface area contributed by atoms with E-state index in [-0.39, 0.29) is 12.6 Å². The summed E-state index contributed by atoms with van der Waals surface area (Å²) in [6.07, 6.45) is 4.95. The summed E-state index contributed by atoms with van der Waals surface area (Å²) in [6, 6.07) is 0.248. The van der Waals surface area contributed by atoms with Crippen molar-refractivity contribution < 1.29 is 9.84 Å². The van der Waals surface area contributed by atoms with E-state index in [1.807, 2.05) is 0 Å². The standard InChI is InChI=1S/C13H28N2O2/c1-3-7-14-12(11-16)6-9-15-8-4-5-13(10-15)17-2/h12-14,16H,3-11H2,1-2H3. The van der Waals surface area contributed by atoms with Crippen LogP contribution in [0.2, 0.25) is 0 Å². The highest BCUT2D eigenvalue weighted by Gasteiger charge is 2.19. The molecule has 1 rings (SSSR count). The van der Waals surface area contributed by atoms with E-state index in [0.29, 0.717) is 6.10 Å². The lowest BCUT2D eigenvalue weighted by molar-refractivity contribution is 0.0294. The lowest BCUT2D eigenvalue weighted by Crippen LogP contribution is -2.42. The van der Waals surface area contributed by atoms with Crippen molar-refractivity contribution >= 4 is 0 Å². The first-order valence-corrected chi connectivity index (χ1v) is 6.89. The van der Waals surface area contributed by atoms with Crippen LogP contribution in [-0.4, -0.2) is 62.0 Å². The first-order valence-electron chi connectivity index (χ1n) is 6.89. The van der Waals surface area contributed by atoms with Crippen molar-refractivity contribution in [1.82, 2.24) is 10.2 Å². The normalized spacial score (nSPS) is 23.8. The van der Waals surface area contributed by atoms with Gasteiger partial charge in [0.05, 0.1) is 12.7 Å². The second kappa shape index (κ2) is 8.86. The number of hydrogen-bond acceptors (Lipinski definition) is 4. The van der Waals surface area contributed by atoms with Crippen LogP contribution < -0.4 is 5.32 Å². The number of nitrogens with one attached hydrogen (secondary N) is 1. The highest BCUT2D eigenvalue weighted by molar-refractivity contribution is 4.75. The second-order valence-electron chi connectivity index (χ2n) is 4.92. The molecule has 0 aromatic carbocycles. The zero-order valence-corrected chi connectivity index (χ0v) is 11.3. The molecule has 102 valence electrons. The number of ether oxygens (including phenoxy) is 1. The lowest BCUT2D eigenvalue weighted by Gasteiger charge is -2.32. The van der Waals surface area contributed by atoms with Gasteiger partial charge in [-0.15, -0.1) is 0 Å². The van der Waals surface area contributed by atoms with Crippen molar-refractivity contribution in [2.45, 2.75) is 44.8 Å². The maximum absolute atomic E-state index is 9.27. The van der Waals surface area contributed by atoms with Gasteiger partial charge in [-0.3, -0.25) is 0 Å². The van der Waals surface area contributed by atoms with Crippen LogP contribution in [-0.2, 0) is 4.74 Å². The fourth-order valence-corrected chi connectivity index (χ4v) is 2.35. The third kappa shape index (κ3) is 5.82. The summed E-state index contributed by atoms with van der Waals surface area (Å²) in [4.78, 5) is 2.45. The summed E-state index contributed by atoms with van der Waals surface area (Å²) in [6.45, 7) is 6.65. The summed E-state index contributed by atoms with van der Waals surface area (Å²) in [7, 11) is 1.80. The minimum atomic E-state index is 0.238. The summed E-state index contributed by atoms with van der Waals surface area (Å²) < 4.78 is 5.41. The average molecular weight is 244 g/mol. The number of methoxy groups -OCH3 is 1. The largest absolute Gasteiger partial charge is 0.395 e. The van der Waals surface area contributed by atoms with E-state index in [0.717, 1.165) is 32.5 Å². The van der Waals surface area contributed by atoms with Crippen LogP contribution in [0.25, 0.3) is 0 Å². The van der Waals surface area contributed by atoms with Gasteiger partial charge >= 0.3 is 0 Å². The maximum Gasteiger partial charge on any atom is 0.0698 e. The molecule has 0 aliphatic carbocycles. The monoisotopic (exact) mass is 244 g/mol. The predicted octanol–water partition coefficient (Wildman–Crippen LogP) is 0.848. The Morgan fingerprint density at radius 1 is 1.53 bits per heavy atom. The molecule has 0 amide bonds. The van der Waals surface area contributed by atoms with Gasteiger partial charge in [0, 0.05) is 19.7 Å². The van der Waals surface area contributed by atoms with E-state index >= 15 is 0 Å². The van der Waals surface area contributed by atoms with E-state index in [1.165, 1.54) is 19.4 Å². The van der Waals surface area contributed by atoms with E-state index in [2.05, 4.69) is 17.1 Å². The van der Waals surface area contributed by atoms with Crippen molar-refractivity contribution in [3.8, 4) is 0 Å². The van der Waals surface area contributed by atoms with Crippen molar-refractivity contribution in [2.75, 3.05) is 39.9 Å². The molecule has 0 spiro atoms. The first-order chi connectivity index (χ1) is 8.30. The fourth-order valence-electron chi connectivity index (χ4n) is 2.35. The van der Waals surface area contributed by atoms with Crippen LogP contribution in [0.15, 0.2) is 0 Å². The Kier molecular flexibility index (Phi) is 7.77. The Morgan fingerprint density at radius 2 is 2.35 bits per heavy atom. The van der Waals surface area contributed by atoms with Crippen LogP contribution in [0.5, 0.6) is 0 Å². The molecule has 2 unspecified atom stereocenters. The molecule has 0 radical (unpaired) electrons. The van der Waals surface area contributed by atoms with Gasteiger partial charge in [-0.05, 0) is 45.3 Å². The predicted molar refractivity (Wildman–Crippen MR) is 70.3 cm³/mol. The highest BCUT2D eigenvalue weighted by atomic mass is 16.5. The van der Waals surface area contributed by atoms with Gasteiger partial charge < -0.3 is 20.1 Å². The first kappa shape index (κ1) is 14.9. The Balaban J connectivity index is 2.18. The highest BCUT2D eigenvalue weighted by Crippen LogP contribution is 2.12. The maximum atomic E-state index is 9.27. The molecule has 1 fully saturated rings. The summed E-state index contributed by atoms with van der Waals surface area (Å²) in [5.74, 6) is 0. The van der Waals surface area contributed by atoms with Gasteiger partial charge in [-0.2, -0.15) is 0 Å². The Bertz CT molecular complexity index is 190. The molecule has 17 heavy (non-hydrogen) atoms. The van der Waals surface area contributed by atoms with Crippen molar-refractivity contribution in [2.24, 2.45) is 0 Å². The minimum absolute atomic E-state index is 0.238. The molecule has 1 aliphatic rings. The van der Waals surface area contributed by atoms with Crippen LogP contribution in [0.4, 0.5) is 0 Å². The summed E-state index contributed by atoms with van der Waals surface area (Å²) >= 11 is 0. The molecule has 0 aromatic rings. The molecule has 0 saturated carbocycles. The van der Waals surface area contributed by atoms with Gasteiger partial charge in [0.15, 0.2) is 0 Å². The van der Waals surface area contributed by atoms with Gasteiger partial charge in [0.2, 0.25) is 0 Å². The fraction of sp³-hybridized carbons (Fsp3) is 1.00. The van der Waals surface area contributed by atoms with E-state index < -0.39 is 0 Å². The summed E-state index contributed by atoms with van der Waals surface area (Å²) in [5, 5.41) is 12.7. The summed E-state index contributed by atoms with van der Waals surface area (Å²) in [5.41, 5.74) is 0. The molecule has 4 heteroatoms. The quantitative estimate of drug-likeness (QED) is 0.664. The zero-order chi connectivity index (χ0) is 12.5. The number of rotatable bonds is 8. The number of nitrogens with zero attached hydrogens (tertiary/aromatic N) is 1. The van der Waals surface area contributed by atoms with Crippen molar-refractivity contribution in [1.29, 1.82) is 0 Å². The van der Waals surface area contributed by atoms with Crippen LogP contribution >= 0.6 is 0 Å². The zero-order valence-electron chi connectivity index (χ0n) is 11.3. The third-order valence-electron chi connectivity index (χ3n) is 3.49. The lowest BCUT2D eigenvalue weighted by atomic mass is 10.1. The number of hydrogen-bond donors (Lipinski definition) is 2. The molecule has 0 aromatic heterocycles.